The Balaban J connectivity index is 2.91. The molecule has 1 aromatic rings. The van der Waals surface area contributed by atoms with Crippen molar-refractivity contribution >= 4 is 21.6 Å². The van der Waals surface area contributed by atoms with Crippen molar-refractivity contribution in [2.75, 3.05) is 5.32 Å². The molecule has 0 heterocycles. The zero-order valence-electron chi connectivity index (χ0n) is 10.4. The van der Waals surface area contributed by atoms with E-state index >= 15 is 0 Å². The maximum Gasteiger partial charge on any atom is 0.264 e. The van der Waals surface area contributed by atoms with E-state index < -0.39 is 15.9 Å². The molecule has 0 unspecified atom stereocenters. The van der Waals surface area contributed by atoms with Crippen molar-refractivity contribution in [3.05, 3.63) is 36.0 Å². The Morgan fingerprint density at radius 2 is 1.75 bits per heavy atom. The molecule has 0 saturated carbocycles. The summed E-state index contributed by atoms with van der Waals surface area (Å²) in [5.41, 5.74) is 0.384. The quantitative estimate of drug-likeness (QED) is 0.792. The van der Waals surface area contributed by atoms with Crippen molar-refractivity contribution in [3.8, 4) is 12.1 Å². The van der Waals surface area contributed by atoms with Crippen LogP contribution in [-0.2, 0) is 14.8 Å². The van der Waals surface area contributed by atoms with E-state index in [4.69, 9.17) is 10.5 Å². The molecular formula is C12H10N4O3S. The van der Waals surface area contributed by atoms with Gasteiger partial charge < -0.3 is 5.32 Å². The van der Waals surface area contributed by atoms with Gasteiger partial charge in [-0.3, -0.25) is 4.79 Å². The van der Waals surface area contributed by atoms with E-state index in [2.05, 4.69) is 5.32 Å². The molecule has 0 saturated heterocycles. The van der Waals surface area contributed by atoms with Crippen molar-refractivity contribution in [3.63, 3.8) is 0 Å². The average Bonchev–Trinajstić information content (AvgIpc) is 2.39. The van der Waals surface area contributed by atoms with Gasteiger partial charge in [-0.05, 0) is 24.3 Å². The van der Waals surface area contributed by atoms with E-state index in [9.17, 15) is 13.2 Å². The molecule has 0 fully saturated rings. The maximum atomic E-state index is 11.7. The van der Waals surface area contributed by atoms with Gasteiger partial charge in [0.1, 0.15) is 17.7 Å². The number of hydrogen-bond donors (Lipinski definition) is 2. The minimum absolute atomic E-state index is 0.0666. The highest BCUT2D eigenvalue weighted by Gasteiger charge is 2.14. The summed E-state index contributed by atoms with van der Waals surface area (Å²) < 4.78 is 25.2. The molecule has 2 N–H and O–H groups in total. The minimum atomic E-state index is -3.86. The summed E-state index contributed by atoms with van der Waals surface area (Å²) >= 11 is 0. The lowest BCUT2D eigenvalue weighted by atomic mass is 10.3. The Kier molecular flexibility index (Phi) is 4.84. The highest BCUT2D eigenvalue weighted by Crippen LogP contribution is 2.14. The summed E-state index contributed by atoms with van der Waals surface area (Å²) in [6.07, 6.45) is 1.21. The first kappa shape index (κ1) is 15.2. The van der Waals surface area contributed by atoms with Crippen LogP contribution in [0.5, 0.6) is 0 Å². The second-order valence-electron chi connectivity index (χ2n) is 3.61. The first-order chi connectivity index (χ1) is 9.39. The second kappa shape index (κ2) is 6.36. The number of nitrogens with zero attached hydrogens (tertiary/aromatic N) is 2. The molecule has 102 valence electrons. The summed E-state index contributed by atoms with van der Waals surface area (Å²) in [6.45, 7) is 1.10. The van der Waals surface area contributed by atoms with Crippen LogP contribution >= 0.6 is 0 Å². The molecular weight excluding hydrogens is 280 g/mol. The van der Waals surface area contributed by atoms with Crippen molar-refractivity contribution < 1.29 is 13.2 Å². The number of rotatable bonds is 4. The van der Waals surface area contributed by atoms with Crippen LogP contribution in [0.25, 0.3) is 0 Å². The molecule has 0 atom stereocenters. The third-order valence-corrected chi connectivity index (χ3v) is 3.52. The van der Waals surface area contributed by atoms with E-state index in [1.165, 1.54) is 30.5 Å². The molecule has 0 aliphatic heterocycles. The lowest BCUT2D eigenvalue weighted by Crippen LogP contribution is -2.28. The fourth-order valence-corrected chi connectivity index (χ4v) is 2.21. The standard InChI is InChI=1S/C12H10N4O3S/c1-9(17)16-20(18,19)12-4-2-11(3-5-12)15-8-10(6-13)7-14/h2-5,8,15H,1H3,(H,16,17). The highest BCUT2D eigenvalue weighted by molar-refractivity contribution is 7.90. The van der Waals surface area contributed by atoms with Gasteiger partial charge in [-0.2, -0.15) is 10.5 Å². The van der Waals surface area contributed by atoms with Gasteiger partial charge in [0.25, 0.3) is 10.0 Å². The van der Waals surface area contributed by atoms with Crippen LogP contribution in [0.3, 0.4) is 0 Å². The van der Waals surface area contributed by atoms with Gasteiger partial charge in [0, 0.05) is 18.8 Å². The third kappa shape index (κ3) is 4.12. The van der Waals surface area contributed by atoms with Gasteiger partial charge >= 0.3 is 0 Å². The average molecular weight is 290 g/mol. The number of nitriles is 2. The van der Waals surface area contributed by atoms with Crippen LogP contribution in [0, 0.1) is 22.7 Å². The Bertz CT molecular complexity index is 705. The van der Waals surface area contributed by atoms with Crippen LogP contribution < -0.4 is 10.0 Å². The number of carbonyl (C=O) groups is 1. The number of benzene rings is 1. The molecule has 8 heteroatoms. The number of hydrogen-bond acceptors (Lipinski definition) is 6. The van der Waals surface area contributed by atoms with Crippen LogP contribution in [0.15, 0.2) is 40.9 Å². The normalized spacial score (nSPS) is 9.75. The Hall–Kier alpha value is -2.84. The van der Waals surface area contributed by atoms with Crippen LogP contribution in [0.4, 0.5) is 5.69 Å². The Morgan fingerprint density at radius 3 is 2.20 bits per heavy atom. The number of nitrogens with one attached hydrogen (secondary N) is 2. The van der Waals surface area contributed by atoms with Gasteiger partial charge in [-0.25, -0.2) is 13.1 Å². The fourth-order valence-electron chi connectivity index (χ4n) is 1.22. The largest absolute Gasteiger partial charge is 0.360 e. The molecule has 20 heavy (non-hydrogen) atoms. The molecule has 1 amide bonds. The van der Waals surface area contributed by atoms with Crippen molar-refractivity contribution in [2.45, 2.75) is 11.8 Å². The van der Waals surface area contributed by atoms with Crippen molar-refractivity contribution in [1.29, 1.82) is 10.5 Å². The molecule has 0 bridgehead atoms. The summed E-state index contributed by atoms with van der Waals surface area (Å²) in [6, 6.07) is 8.81. The SMILES string of the molecule is CC(=O)NS(=O)(=O)c1ccc(NC=C(C#N)C#N)cc1. The van der Waals surface area contributed by atoms with Gasteiger partial charge in [-0.1, -0.05) is 0 Å². The minimum Gasteiger partial charge on any atom is -0.360 e. The van der Waals surface area contributed by atoms with Crippen LogP contribution in [0.2, 0.25) is 0 Å². The highest BCUT2D eigenvalue weighted by atomic mass is 32.2. The van der Waals surface area contributed by atoms with E-state index in [1.54, 1.807) is 12.1 Å². The van der Waals surface area contributed by atoms with E-state index in [-0.39, 0.29) is 10.5 Å². The number of sulfonamides is 1. The Morgan fingerprint density at radius 1 is 1.20 bits per heavy atom. The Labute approximate surface area is 116 Å². The summed E-state index contributed by atoms with van der Waals surface area (Å²) in [4.78, 5) is 10.7. The van der Waals surface area contributed by atoms with Gasteiger partial charge in [0.05, 0.1) is 4.90 Å². The number of carbonyl (C=O) groups excluding carboxylic acids is 1. The predicted molar refractivity (Wildman–Crippen MR) is 70.4 cm³/mol. The molecule has 0 aliphatic rings. The zero-order valence-corrected chi connectivity index (χ0v) is 11.2. The van der Waals surface area contributed by atoms with E-state index in [1.807, 2.05) is 4.72 Å². The van der Waals surface area contributed by atoms with Gasteiger partial charge in [-0.15, -0.1) is 0 Å². The molecule has 0 radical (unpaired) electrons. The zero-order chi connectivity index (χ0) is 15.2. The van der Waals surface area contributed by atoms with Crippen molar-refractivity contribution in [1.82, 2.24) is 4.72 Å². The maximum absolute atomic E-state index is 11.7. The summed E-state index contributed by atoms with van der Waals surface area (Å²) in [5.74, 6) is -0.678. The fraction of sp³-hybridized carbons (Fsp3) is 0.0833. The number of anilines is 1. The van der Waals surface area contributed by atoms with Gasteiger partial charge in [0.15, 0.2) is 0 Å². The monoisotopic (exact) mass is 290 g/mol. The molecule has 0 aromatic heterocycles. The van der Waals surface area contributed by atoms with Crippen LogP contribution in [0.1, 0.15) is 6.92 Å². The lowest BCUT2D eigenvalue weighted by molar-refractivity contribution is -0.117. The molecule has 0 aliphatic carbocycles. The summed E-state index contributed by atoms with van der Waals surface area (Å²) in [5, 5.41) is 19.8. The van der Waals surface area contributed by atoms with Crippen LogP contribution in [-0.4, -0.2) is 14.3 Å². The lowest BCUT2D eigenvalue weighted by Gasteiger charge is -2.06. The first-order valence-corrected chi connectivity index (χ1v) is 6.77. The second-order valence-corrected chi connectivity index (χ2v) is 5.29. The topological polar surface area (TPSA) is 123 Å². The first-order valence-electron chi connectivity index (χ1n) is 5.29. The van der Waals surface area contributed by atoms with Crippen molar-refractivity contribution in [2.24, 2.45) is 0 Å². The summed E-state index contributed by atoms with van der Waals surface area (Å²) in [7, 11) is -3.86. The van der Waals surface area contributed by atoms with E-state index in [0.29, 0.717) is 5.69 Å². The van der Waals surface area contributed by atoms with E-state index in [0.717, 1.165) is 6.92 Å². The predicted octanol–water partition coefficient (Wildman–Crippen LogP) is 0.854. The molecule has 7 nitrogen and oxygen atoms in total. The molecule has 1 aromatic carbocycles. The smallest absolute Gasteiger partial charge is 0.264 e. The molecule has 1 rings (SSSR count). The molecule has 0 spiro atoms. The number of amides is 1. The number of allylic oxidation sites excluding steroid dienone is 1. The third-order valence-electron chi connectivity index (χ3n) is 2.07. The van der Waals surface area contributed by atoms with Gasteiger partial charge in [0.2, 0.25) is 5.91 Å².